The molecular formula is C22H18BrN3O4S. The molecule has 2 heterocycles. The first-order chi connectivity index (χ1) is 15.0. The summed E-state index contributed by atoms with van der Waals surface area (Å²) in [6, 6.07) is 11.2. The van der Waals surface area contributed by atoms with E-state index in [4.69, 9.17) is 14.2 Å². The molecule has 0 aliphatic heterocycles. The van der Waals surface area contributed by atoms with Gasteiger partial charge in [0.1, 0.15) is 5.75 Å². The largest absolute Gasteiger partial charge is 0.496 e. The number of thiazole rings is 1. The Balaban J connectivity index is 1.66. The van der Waals surface area contributed by atoms with Crippen molar-refractivity contribution in [3.05, 3.63) is 72.7 Å². The van der Waals surface area contributed by atoms with Crippen LogP contribution in [0.1, 0.15) is 17.0 Å². The van der Waals surface area contributed by atoms with Crippen LogP contribution in [-0.2, 0) is 0 Å². The molecule has 0 aliphatic carbocycles. The molecule has 0 unspecified atom stereocenters. The fraction of sp³-hybridized carbons (Fsp3) is 0.136. The van der Waals surface area contributed by atoms with Crippen molar-refractivity contribution >= 4 is 50.5 Å². The first-order valence-corrected chi connectivity index (χ1v) is 10.8. The second-order valence-corrected chi connectivity index (χ2v) is 8.34. The van der Waals surface area contributed by atoms with Gasteiger partial charge in [0, 0.05) is 10.0 Å². The van der Waals surface area contributed by atoms with Crippen molar-refractivity contribution in [2.75, 3.05) is 21.3 Å². The van der Waals surface area contributed by atoms with E-state index >= 15 is 0 Å². The fourth-order valence-corrected chi connectivity index (χ4v) is 4.29. The lowest BCUT2D eigenvalue weighted by Crippen LogP contribution is -2.23. The third-order valence-corrected chi connectivity index (χ3v) is 5.96. The molecule has 0 bridgehead atoms. The predicted molar refractivity (Wildman–Crippen MR) is 125 cm³/mol. The number of ether oxygens (including phenoxy) is 3. The summed E-state index contributed by atoms with van der Waals surface area (Å²) in [5.41, 5.74) is 1.47. The van der Waals surface area contributed by atoms with Gasteiger partial charge in [-0.3, -0.25) is 4.79 Å². The van der Waals surface area contributed by atoms with Crippen LogP contribution >= 0.6 is 27.3 Å². The molecule has 0 aliphatic rings. The van der Waals surface area contributed by atoms with Crippen molar-refractivity contribution < 1.29 is 14.2 Å². The molecule has 0 N–H and O–H groups in total. The molecule has 0 saturated heterocycles. The quantitative estimate of drug-likeness (QED) is 0.403. The Kier molecular flexibility index (Phi) is 6.06. The zero-order valence-electron chi connectivity index (χ0n) is 17.0. The molecule has 0 atom stereocenters. The summed E-state index contributed by atoms with van der Waals surface area (Å²) in [4.78, 5) is 17.8. The van der Waals surface area contributed by atoms with Gasteiger partial charge >= 0.3 is 0 Å². The maximum absolute atomic E-state index is 12.8. The summed E-state index contributed by atoms with van der Waals surface area (Å²) in [5.74, 6) is 2.42. The molecule has 2 aromatic carbocycles. The van der Waals surface area contributed by atoms with Crippen LogP contribution in [0.5, 0.6) is 17.2 Å². The second-order valence-electron chi connectivity index (χ2n) is 6.41. The number of benzene rings is 2. The summed E-state index contributed by atoms with van der Waals surface area (Å²) >= 11 is 4.72. The molecule has 158 valence electrons. The van der Waals surface area contributed by atoms with Crippen molar-refractivity contribution in [1.29, 1.82) is 0 Å². The third-order valence-electron chi connectivity index (χ3n) is 4.51. The van der Waals surface area contributed by atoms with Gasteiger partial charge in [-0.25, -0.2) is 0 Å². The minimum Gasteiger partial charge on any atom is -0.496 e. The van der Waals surface area contributed by atoms with E-state index < -0.39 is 0 Å². The summed E-state index contributed by atoms with van der Waals surface area (Å²) < 4.78 is 18.7. The maximum Gasteiger partial charge on any atom is 0.291 e. The molecule has 0 spiro atoms. The highest BCUT2D eigenvalue weighted by molar-refractivity contribution is 9.10. The summed E-state index contributed by atoms with van der Waals surface area (Å²) in [6.45, 7) is 0. The highest BCUT2D eigenvalue weighted by atomic mass is 79.9. The Hall–Kier alpha value is -3.17. The number of methoxy groups -OCH3 is 3. The molecular weight excluding hydrogens is 482 g/mol. The molecule has 2 aromatic heterocycles. The Bertz CT molecular complexity index is 1390. The highest BCUT2D eigenvalue weighted by Crippen LogP contribution is 2.28. The van der Waals surface area contributed by atoms with Gasteiger partial charge < -0.3 is 14.2 Å². The van der Waals surface area contributed by atoms with Crippen LogP contribution in [0.4, 0.5) is 0 Å². The molecule has 7 nitrogen and oxygen atoms in total. The Morgan fingerprint density at radius 2 is 1.71 bits per heavy atom. The van der Waals surface area contributed by atoms with Crippen molar-refractivity contribution in [3.63, 3.8) is 0 Å². The lowest BCUT2D eigenvalue weighted by atomic mass is 10.2. The molecule has 31 heavy (non-hydrogen) atoms. The summed E-state index contributed by atoms with van der Waals surface area (Å²) in [5, 5.41) is 4.33. The molecule has 0 radical (unpaired) electrons. The second kappa shape index (κ2) is 8.91. The predicted octanol–water partition coefficient (Wildman–Crippen LogP) is 3.66. The monoisotopic (exact) mass is 499 g/mol. The van der Waals surface area contributed by atoms with Crippen LogP contribution in [0.15, 0.2) is 45.7 Å². The molecule has 4 aromatic rings. The van der Waals surface area contributed by atoms with E-state index in [0.29, 0.717) is 32.6 Å². The molecule has 0 amide bonds. The van der Waals surface area contributed by atoms with Crippen LogP contribution in [0.3, 0.4) is 0 Å². The zero-order valence-corrected chi connectivity index (χ0v) is 19.4. The zero-order chi connectivity index (χ0) is 22.0. The van der Waals surface area contributed by atoms with Crippen molar-refractivity contribution in [2.45, 2.75) is 0 Å². The maximum atomic E-state index is 12.8. The van der Waals surface area contributed by atoms with Crippen LogP contribution in [0.2, 0.25) is 0 Å². The van der Waals surface area contributed by atoms with Crippen LogP contribution in [0.25, 0.3) is 23.2 Å². The molecule has 0 fully saturated rings. The van der Waals surface area contributed by atoms with Crippen LogP contribution in [-0.4, -0.2) is 35.9 Å². The first-order valence-electron chi connectivity index (χ1n) is 9.17. The first kappa shape index (κ1) is 21.1. The van der Waals surface area contributed by atoms with Crippen molar-refractivity contribution in [2.24, 2.45) is 0 Å². The normalized spacial score (nSPS) is 12.1. The SMILES string of the molecule is COc1ccc(Br)cc1C=c1sc2nc(C=Cc3ccc(OC)c(OC)c3)nn2c1=O. The Labute approximate surface area is 190 Å². The van der Waals surface area contributed by atoms with E-state index in [2.05, 4.69) is 26.0 Å². The van der Waals surface area contributed by atoms with Gasteiger partial charge in [0.15, 0.2) is 17.3 Å². The molecule has 0 saturated carbocycles. The number of fused-ring (bicyclic) bond motifs is 1. The van der Waals surface area contributed by atoms with Gasteiger partial charge in [-0.15, -0.1) is 5.10 Å². The number of aromatic nitrogens is 3. The van der Waals surface area contributed by atoms with E-state index in [9.17, 15) is 4.79 Å². The van der Waals surface area contributed by atoms with Gasteiger partial charge in [-0.05, 0) is 48.0 Å². The summed E-state index contributed by atoms with van der Waals surface area (Å²) in [7, 11) is 4.77. The van der Waals surface area contributed by atoms with E-state index in [1.54, 1.807) is 33.5 Å². The minimum absolute atomic E-state index is 0.222. The van der Waals surface area contributed by atoms with Gasteiger partial charge in [0.05, 0.1) is 25.9 Å². The minimum atomic E-state index is -0.222. The third kappa shape index (κ3) is 4.33. The van der Waals surface area contributed by atoms with Gasteiger partial charge in [0.25, 0.3) is 5.56 Å². The number of hydrogen-bond donors (Lipinski definition) is 0. The number of hydrogen-bond acceptors (Lipinski definition) is 7. The molecule has 9 heteroatoms. The average Bonchev–Trinajstić information content (AvgIpc) is 3.31. The van der Waals surface area contributed by atoms with E-state index in [0.717, 1.165) is 15.6 Å². The standard InChI is InChI=1S/C22H18BrN3O4S/c1-28-16-8-6-15(23)11-14(16)12-19-21(27)26-22(31-19)24-20(25-26)9-5-13-4-7-17(29-2)18(10-13)30-3/h4-12H,1-3H3. The lowest BCUT2D eigenvalue weighted by molar-refractivity contribution is 0.355. The van der Waals surface area contributed by atoms with Crippen LogP contribution in [0, 0.1) is 0 Å². The van der Waals surface area contributed by atoms with Gasteiger partial charge in [-0.2, -0.15) is 9.50 Å². The van der Waals surface area contributed by atoms with Gasteiger partial charge in [0.2, 0.25) is 4.96 Å². The topological polar surface area (TPSA) is 74.9 Å². The average molecular weight is 500 g/mol. The van der Waals surface area contributed by atoms with E-state index in [1.165, 1.54) is 15.9 Å². The lowest BCUT2D eigenvalue weighted by Gasteiger charge is -2.07. The summed E-state index contributed by atoms with van der Waals surface area (Å²) in [6.07, 6.45) is 5.39. The smallest absolute Gasteiger partial charge is 0.291 e. The Morgan fingerprint density at radius 1 is 0.968 bits per heavy atom. The Morgan fingerprint density at radius 3 is 2.42 bits per heavy atom. The number of halogens is 1. The molecule has 4 rings (SSSR count). The van der Waals surface area contributed by atoms with Crippen molar-refractivity contribution in [3.8, 4) is 17.2 Å². The van der Waals surface area contributed by atoms with E-state index in [1.807, 2.05) is 42.5 Å². The fourth-order valence-electron chi connectivity index (χ4n) is 3.01. The number of rotatable bonds is 6. The van der Waals surface area contributed by atoms with Crippen molar-refractivity contribution in [1.82, 2.24) is 14.6 Å². The van der Waals surface area contributed by atoms with Gasteiger partial charge in [-0.1, -0.05) is 39.4 Å². The number of nitrogens with zero attached hydrogens (tertiary/aromatic N) is 3. The van der Waals surface area contributed by atoms with E-state index in [-0.39, 0.29) is 5.56 Å². The highest BCUT2D eigenvalue weighted by Gasteiger charge is 2.10. The van der Waals surface area contributed by atoms with Crippen LogP contribution < -0.4 is 24.3 Å².